The number of hydrogen-bond donors (Lipinski definition) is 2. The number of H-pyrrole nitrogens is 1. The highest BCUT2D eigenvalue weighted by molar-refractivity contribution is 14.1. The molecule has 0 bridgehead atoms. The molecule has 0 saturated heterocycles. The second-order valence-corrected chi connectivity index (χ2v) is 7.04. The number of aromatic amines is 1. The number of halogens is 2. The molecule has 1 aliphatic heterocycles. The molecule has 3 heterocycles. The van der Waals surface area contributed by atoms with Gasteiger partial charge in [0.1, 0.15) is 0 Å². The maximum Gasteiger partial charge on any atom is 0.254 e. The van der Waals surface area contributed by atoms with Gasteiger partial charge in [-0.15, -0.1) is 0 Å². The van der Waals surface area contributed by atoms with Gasteiger partial charge < -0.3 is 15.2 Å². The van der Waals surface area contributed by atoms with E-state index in [0.29, 0.717) is 23.4 Å². The zero-order chi connectivity index (χ0) is 16.6. The Balaban J connectivity index is 2.04. The van der Waals surface area contributed by atoms with Crippen molar-refractivity contribution in [2.75, 3.05) is 27.2 Å². The molecular weight excluding hydrogens is 410 g/mol. The van der Waals surface area contributed by atoms with Crippen molar-refractivity contribution in [1.29, 1.82) is 0 Å². The van der Waals surface area contributed by atoms with E-state index in [4.69, 9.17) is 0 Å². The number of pyridine rings is 1. The average molecular weight is 428 g/mol. The molecular formula is C16H18FIN4O. The van der Waals surface area contributed by atoms with E-state index in [-0.39, 0.29) is 11.8 Å². The summed E-state index contributed by atoms with van der Waals surface area (Å²) in [7, 11) is 4.05. The molecule has 0 spiro atoms. The fourth-order valence-electron chi connectivity index (χ4n) is 2.85. The smallest absolute Gasteiger partial charge is 0.254 e. The second-order valence-electron chi connectivity index (χ2n) is 5.96. The van der Waals surface area contributed by atoms with Crippen molar-refractivity contribution in [2.24, 2.45) is 0 Å². The summed E-state index contributed by atoms with van der Waals surface area (Å²) in [6.45, 7) is 1.53. The summed E-state index contributed by atoms with van der Waals surface area (Å²) in [4.78, 5) is 21.5. The molecule has 1 atom stereocenters. The van der Waals surface area contributed by atoms with Crippen molar-refractivity contribution in [3.8, 4) is 11.3 Å². The summed E-state index contributed by atoms with van der Waals surface area (Å²) in [5.41, 5.74) is 2.65. The van der Waals surface area contributed by atoms with Crippen molar-refractivity contribution in [2.45, 2.75) is 12.3 Å². The summed E-state index contributed by atoms with van der Waals surface area (Å²) in [6.07, 6.45) is 3.67. The van der Waals surface area contributed by atoms with E-state index in [0.717, 1.165) is 22.2 Å². The molecule has 1 amide bonds. The van der Waals surface area contributed by atoms with Crippen LogP contribution in [0.3, 0.4) is 0 Å². The van der Waals surface area contributed by atoms with Gasteiger partial charge in [-0.2, -0.15) is 0 Å². The van der Waals surface area contributed by atoms with E-state index in [1.54, 1.807) is 12.3 Å². The number of amides is 1. The minimum Gasteiger partial charge on any atom is -0.356 e. The summed E-state index contributed by atoms with van der Waals surface area (Å²) in [5, 5.41) is 2.94. The fraction of sp³-hybridized carbons (Fsp3) is 0.375. The predicted molar refractivity (Wildman–Crippen MR) is 94.9 cm³/mol. The Morgan fingerprint density at radius 1 is 1.48 bits per heavy atom. The number of nitrogens with zero attached hydrogens (tertiary/aromatic N) is 2. The molecule has 23 heavy (non-hydrogen) atoms. The van der Waals surface area contributed by atoms with E-state index in [1.165, 1.54) is 6.20 Å². The second kappa shape index (κ2) is 6.56. The highest BCUT2D eigenvalue weighted by Crippen LogP contribution is 2.36. The summed E-state index contributed by atoms with van der Waals surface area (Å²) >= 11 is 2.12. The molecule has 2 aromatic heterocycles. The van der Waals surface area contributed by atoms with Crippen LogP contribution in [-0.2, 0) is 0 Å². The zero-order valence-corrected chi connectivity index (χ0v) is 15.1. The molecule has 0 aliphatic carbocycles. The predicted octanol–water partition coefficient (Wildman–Crippen LogP) is 2.60. The number of hydrogen-bond acceptors (Lipinski definition) is 3. The largest absolute Gasteiger partial charge is 0.356 e. The van der Waals surface area contributed by atoms with Gasteiger partial charge in [-0.1, -0.05) is 0 Å². The molecule has 1 unspecified atom stereocenters. The minimum atomic E-state index is -0.394. The van der Waals surface area contributed by atoms with Crippen molar-refractivity contribution in [3.63, 3.8) is 0 Å². The van der Waals surface area contributed by atoms with Crippen molar-refractivity contribution >= 4 is 28.5 Å². The van der Waals surface area contributed by atoms with Crippen LogP contribution in [0.1, 0.15) is 28.4 Å². The van der Waals surface area contributed by atoms with Gasteiger partial charge in [0.25, 0.3) is 5.91 Å². The minimum absolute atomic E-state index is 0.0949. The molecule has 1 aliphatic rings. The highest BCUT2D eigenvalue weighted by atomic mass is 127. The number of carbonyl (C=O) groups is 1. The van der Waals surface area contributed by atoms with E-state index in [2.05, 4.69) is 42.8 Å². The Labute approximate surface area is 147 Å². The number of aromatic nitrogens is 2. The normalized spacial score (nSPS) is 17.3. The maximum absolute atomic E-state index is 14.1. The topological polar surface area (TPSA) is 61.0 Å². The Morgan fingerprint density at radius 3 is 2.96 bits per heavy atom. The third kappa shape index (κ3) is 3.12. The fourth-order valence-corrected chi connectivity index (χ4v) is 3.81. The first-order chi connectivity index (χ1) is 11.0. The quantitative estimate of drug-likeness (QED) is 0.737. The Morgan fingerprint density at radius 2 is 2.26 bits per heavy atom. The standard InChI is InChI=1S/C16H18FIN4O/c1-22(2)6-4-9-7-20-16(23)12-13(18)15(21-14(9)12)10-3-5-19-8-11(10)17/h3,5,8-9,21H,4,6-7H2,1-2H3,(H,20,23). The van der Waals surface area contributed by atoms with Crippen molar-refractivity contribution in [3.05, 3.63) is 39.1 Å². The molecule has 0 fully saturated rings. The molecule has 7 heteroatoms. The monoisotopic (exact) mass is 428 g/mol. The van der Waals surface area contributed by atoms with Gasteiger partial charge in [-0.25, -0.2) is 4.39 Å². The molecule has 3 rings (SSSR count). The van der Waals surface area contributed by atoms with Crippen LogP contribution in [-0.4, -0.2) is 48.0 Å². The molecule has 0 saturated carbocycles. The SMILES string of the molecule is CN(C)CCC1CNC(=O)c2c1[nH]c(-c1ccncc1F)c2I. The van der Waals surface area contributed by atoms with Crippen LogP contribution in [0.2, 0.25) is 0 Å². The Kier molecular flexibility index (Phi) is 4.67. The van der Waals surface area contributed by atoms with Crippen LogP contribution in [0, 0.1) is 9.39 Å². The lowest BCUT2D eigenvalue weighted by Gasteiger charge is -2.24. The number of rotatable bonds is 4. The van der Waals surface area contributed by atoms with Gasteiger partial charge in [0.15, 0.2) is 5.82 Å². The number of fused-ring (bicyclic) bond motifs is 1. The van der Waals surface area contributed by atoms with Crippen LogP contribution >= 0.6 is 22.6 Å². The van der Waals surface area contributed by atoms with Crippen LogP contribution in [0.15, 0.2) is 18.5 Å². The molecule has 5 nitrogen and oxygen atoms in total. The van der Waals surface area contributed by atoms with Crippen molar-refractivity contribution < 1.29 is 9.18 Å². The summed E-state index contributed by atoms with van der Waals surface area (Å²) < 4.78 is 14.8. The lowest BCUT2D eigenvalue weighted by molar-refractivity contribution is 0.0937. The van der Waals surface area contributed by atoms with Crippen LogP contribution < -0.4 is 5.32 Å². The van der Waals surface area contributed by atoms with Gasteiger partial charge >= 0.3 is 0 Å². The summed E-state index contributed by atoms with van der Waals surface area (Å²) in [6, 6.07) is 1.63. The molecule has 0 radical (unpaired) electrons. The van der Waals surface area contributed by atoms with E-state index in [9.17, 15) is 9.18 Å². The first-order valence-electron chi connectivity index (χ1n) is 7.43. The molecule has 2 aromatic rings. The van der Waals surface area contributed by atoms with Crippen LogP contribution in [0.25, 0.3) is 11.3 Å². The van der Waals surface area contributed by atoms with Gasteiger partial charge in [-0.3, -0.25) is 9.78 Å². The third-order valence-corrected chi connectivity index (χ3v) is 5.16. The molecule has 122 valence electrons. The third-order valence-electron chi connectivity index (χ3n) is 4.08. The first kappa shape index (κ1) is 16.4. The van der Waals surface area contributed by atoms with E-state index in [1.807, 2.05) is 14.1 Å². The van der Waals surface area contributed by atoms with Gasteiger partial charge in [0.05, 0.1) is 21.0 Å². The van der Waals surface area contributed by atoms with Crippen LogP contribution in [0.5, 0.6) is 0 Å². The van der Waals surface area contributed by atoms with Gasteiger partial charge in [0.2, 0.25) is 0 Å². The van der Waals surface area contributed by atoms with Crippen molar-refractivity contribution in [1.82, 2.24) is 20.2 Å². The first-order valence-corrected chi connectivity index (χ1v) is 8.51. The van der Waals surface area contributed by atoms with E-state index < -0.39 is 5.82 Å². The lowest BCUT2D eigenvalue weighted by atomic mass is 9.94. The molecule has 0 aromatic carbocycles. The van der Waals surface area contributed by atoms with E-state index >= 15 is 0 Å². The summed E-state index contributed by atoms with van der Waals surface area (Å²) in [5.74, 6) is -0.283. The lowest BCUT2D eigenvalue weighted by Crippen LogP contribution is -2.36. The van der Waals surface area contributed by atoms with Gasteiger partial charge in [0, 0.05) is 29.9 Å². The maximum atomic E-state index is 14.1. The number of nitrogens with one attached hydrogen (secondary N) is 2. The van der Waals surface area contributed by atoms with Gasteiger partial charge in [-0.05, 0) is 55.7 Å². The number of carbonyl (C=O) groups excluding carboxylic acids is 1. The Bertz CT molecular complexity index is 744. The highest BCUT2D eigenvalue weighted by Gasteiger charge is 2.31. The van der Waals surface area contributed by atoms with Crippen LogP contribution in [0.4, 0.5) is 4.39 Å². The molecule has 2 N–H and O–H groups in total. The Hall–Kier alpha value is -1.48. The average Bonchev–Trinajstić information content (AvgIpc) is 2.85. The zero-order valence-electron chi connectivity index (χ0n) is 13.0.